The molecule has 0 radical (unpaired) electrons. The van der Waals surface area contributed by atoms with Crippen molar-refractivity contribution in [3.63, 3.8) is 0 Å². The van der Waals surface area contributed by atoms with Crippen LogP contribution in [0.3, 0.4) is 0 Å². The lowest BCUT2D eigenvalue weighted by molar-refractivity contribution is -0.128. The second-order valence-electron chi connectivity index (χ2n) is 5.59. The number of benzene rings is 2. The number of hydrogen-bond donors (Lipinski definition) is 0. The van der Waals surface area contributed by atoms with Gasteiger partial charge in [0, 0.05) is 18.1 Å². The molecule has 0 atom stereocenters. The molecule has 3 rings (SSSR count). The molecule has 2 aromatic rings. The SMILES string of the molecule is CC(=O)c1ccc(OC(=O)/C=C/c2ccc3c(c2)OCCCO3)cc1. The first-order valence-electron chi connectivity index (χ1n) is 8.02. The molecular weight excluding hydrogens is 320 g/mol. The Morgan fingerprint density at radius 3 is 2.44 bits per heavy atom. The maximum atomic E-state index is 11.9. The summed E-state index contributed by atoms with van der Waals surface area (Å²) in [7, 11) is 0. The summed E-state index contributed by atoms with van der Waals surface area (Å²) in [6, 6.07) is 11.9. The van der Waals surface area contributed by atoms with Gasteiger partial charge in [0.25, 0.3) is 0 Å². The largest absolute Gasteiger partial charge is 0.490 e. The molecule has 0 N–H and O–H groups in total. The summed E-state index contributed by atoms with van der Waals surface area (Å²) in [5, 5.41) is 0. The van der Waals surface area contributed by atoms with E-state index < -0.39 is 5.97 Å². The van der Waals surface area contributed by atoms with Crippen molar-refractivity contribution in [3.05, 3.63) is 59.7 Å². The predicted molar refractivity (Wildman–Crippen MR) is 93.2 cm³/mol. The number of carbonyl (C=O) groups excluding carboxylic acids is 2. The number of fused-ring (bicyclic) bond motifs is 1. The van der Waals surface area contributed by atoms with Crippen molar-refractivity contribution >= 4 is 17.8 Å². The van der Waals surface area contributed by atoms with E-state index >= 15 is 0 Å². The highest BCUT2D eigenvalue weighted by molar-refractivity contribution is 5.94. The van der Waals surface area contributed by atoms with Gasteiger partial charge in [0.2, 0.25) is 0 Å². The van der Waals surface area contributed by atoms with Crippen molar-refractivity contribution in [1.29, 1.82) is 0 Å². The minimum Gasteiger partial charge on any atom is -0.490 e. The molecule has 0 saturated carbocycles. The van der Waals surface area contributed by atoms with Gasteiger partial charge in [-0.2, -0.15) is 0 Å². The highest BCUT2D eigenvalue weighted by atomic mass is 16.5. The molecule has 0 saturated heterocycles. The molecule has 0 unspecified atom stereocenters. The summed E-state index contributed by atoms with van der Waals surface area (Å²) < 4.78 is 16.4. The Morgan fingerprint density at radius 2 is 1.72 bits per heavy atom. The van der Waals surface area contributed by atoms with E-state index in [0.29, 0.717) is 36.0 Å². The topological polar surface area (TPSA) is 61.8 Å². The van der Waals surface area contributed by atoms with Crippen LogP contribution in [0.2, 0.25) is 0 Å². The Hall–Kier alpha value is -3.08. The summed E-state index contributed by atoms with van der Waals surface area (Å²) in [5.74, 6) is 1.24. The zero-order chi connectivity index (χ0) is 17.6. The Morgan fingerprint density at radius 1 is 1.00 bits per heavy atom. The van der Waals surface area contributed by atoms with Gasteiger partial charge in [-0.3, -0.25) is 4.79 Å². The fraction of sp³-hybridized carbons (Fsp3) is 0.200. The number of hydrogen-bond acceptors (Lipinski definition) is 5. The van der Waals surface area contributed by atoms with E-state index in [4.69, 9.17) is 14.2 Å². The lowest BCUT2D eigenvalue weighted by atomic mass is 10.1. The Bertz CT molecular complexity index is 805. The molecule has 128 valence electrons. The van der Waals surface area contributed by atoms with Crippen LogP contribution in [0.15, 0.2) is 48.5 Å². The smallest absolute Gasteiger partial charge is 0.336 e. The third kappa shape index (κ3) is 4.47. The molecule has 2 aromatic carbocycles. The molecule has 1 aliphatic rings. The minimum atomic E-state index is -0.498. The lowest BCUT2D eigenvalue weighted by Gasteiger charge is -2.07. The van der Waals surface area contributed by atoms with Crippen molar-refractivity contribution in [2.75, 3.05) is 13.2 Å². The third-order valence-corrected chi connectivity index (χ3v) is 3.66. The lowest BCUT2D eigenvalue weighted by Crippen LogP contribution is -2.04. The zero-order valence-electron chi connectivity index (χ0n) is 13.9. The van der Waals surface area contributed by atoms with Crippen molar-refractivity contribution < 1.29 is 23.8 Å². The van der Waals surface area contributed by atoms with Gasteiger partial charge >= 0.3 is 5.97 Å². The van der Waals surface area contributed by atoms with Crippen molar-refractivity contribution in [1.82, 2.24) is 0 Å². The van der Waals surface area contributed by atoms with Crippen LogP contribution in [0.25, 0.3) is 6.08 Å². The molecule has 0 aliphatic carbocycles. The number of ether oxygens (including phenoxy) is 3. The molecule has 0 bridgehead atoms. The zero-order valence-corrected chi connectivity index (χ0v) is 13.9. The number of esters is 1. The predicted octanol–water partition coefficient (Wildman–Crippen LogP) is 3.67. The second kappa shape index (κ2) is 7.66. The first-order chi connectivity index (χ1) is 12.1. The number of ketones is 1. The van der Waals surface area contributed by atoms with E-state index in [0.717, 1.165) is 12.0 Å². The van der Waals surface area contributed by atoms with Gasteiger partial charge in [-0.1, -0.05) is 6.07 Å². The molecule has 1 heterocycles. The van der Waals surface area contributed by atoms with Gasteiger partial charge in [-0.25, -0.2) is 4.79 Å². The van der Waals surface area contributed by atoms with E-state index in [1.54, 1.807) is 30.3 Å². The van der Waals surface area contributed by atoms with E-state index in [1.165, 1.54) is 13.0 Å². The molecule has 0 amide bonds. The maximum absolute atomic E-state index is 11.9. The first-order valence-corrected chi connectivity index (χ1v) is 8.02. The maximum Gasteiger partial charge on any atom is 0.336 e. The highest BCUT2D eigenvalue weighted by Crippen LogP contribution is 2.30. The standard InChI is InChI=1S/C20H18O5/c1-14(21)16-5-7-17(8-6-16)25-20(22)10-4-15-3-9-18-19(13-15)24-12-2-11-23-18/h3-10,13H,2,11-12H2,1H3/b10-4+. The van der Waals surface area contributed by atoms with E-state index in [-0.39, 0.29) is 5.78 Å². The van der Waals surface area contributed by atoms with Crippen LogP contribution in [0.4, 0.5) is 0 Å². The monoisotopic (exact) mass is 338 g/mol. The molecule has 0 spiro atoms. The average molecular weight is 338 g/mol. The van der Waals surface area contributed by atoms with Gasteiger partial charge < -0.3 is 14.2 Å². The van der Waals surface area contributed by atoms with Crippen LogP contribution in [-0.2, 0) is 4.79 Å². The highest BCUT2D eigenvalue weighted by Gasteiger charge is 2.10. The number of carbonyl (C=O) groups is 2. The van der Waals surface area contributed by atoms with Crippen molar-refractivity contribution in [3.8, 4) is 17.2 Å². The molecular formula is C20H18O5. The summed E-state index contributed by atoms with van der Waals surface area (Å²) in [6.45, 7) is 2.73. The molecule has 0 fully saturated rings. The summed E-state index contributed by atoms with van der Waals surface area (Å²) in [6.07, 6.45) is 3.84. The van der Waals surface area contributed by atoms with Crippen molar-refractivity contribution in [2.45, 2.75) is 13.3 Å². The minimum absolute atomic E-state index is 0.0350. The normalized spacial score (nSPS) is 13.3. The van der Waals surface area contributed by atoms with Crippen molar-refractivity contribution in [2.24, 2.45) is 0 Å². The third-order valence-electron chi connectivity index (χ3n) is 3.66. The summed E-state index contributed by atoms with van der Waals surface area (Å²) in [5.41, 5.74) is 1.38. The fourth-order valence-electron chi connectivity index (χ4n) is 2.36. The molecule has 25 heavy (non-hydrogen) atoms. The van der Waals surface area contributed by atoms with Crippen LogP contribution < -0.4 is 14.2 Å². The molecule has 5 heteroatoms. The van der Waals surface area contributed by atoms with Gasteiger partial charge in [-0.15, -0.1) is 0 Å². The quantitative estimate of drug-likeness (QED) is 0.368. The van der Waals surface area contributed by atoms with Crippen LogP contribution in [0.5, 0.6) is 17.2 Å². The number of rotatable bonds is 4. The first kappa shape index (κ1) is 16.8. The van der Waals surface area contributed by atoms with Gasteiger partial charge in [0.15, 0.2) is 17.3 Å². The van der Waals surface area contributed by atoms with Crippen LogP contribution in [-0.4, -0.2) is 25.0 Å². The summed E-state index contributed by atoms with van der Waals surface area (Å²) in [4.78, 5) is 23.1. The Labute approximate surface area is 145 Å². The van der Waals surface area contributed by atoms with Crippen LogP contribution in [0.1, 0.15) is 29.3 Å². The molecule has 0 aromatic heterocycles. The van der Waals surface area contributed by atoms with E-state index in [2.05, 4.69) is 0 Å². The average Bonchev–Trinajstić information content (AvgIpc) is 2.85. The van der Waals surface area contributed by atoms with Gasteiger partial charge in [0.05, 0.1) is 13.2 Å². The second-order valence-corrected chi connectivity index (χ2v) is 5.59. The van der Waals surface area contributed by atoms with E-state index in [1.807, 2.05) is 18.2 Å². The van der Waals surface area contributed by atoms with Gasteiger partial charge in [0.1, 0.15) is 5.75 Å². The van der Waals surface area contributed by atoms with Gasteiger partial charge in [-0.05, 0) is 55.0 Å². The molecule has 5 nitrogen and oxygen atoms in total. The summed E-state index contributed by atoms with van der Waals surface area (Å²) >= 11 is 0. The fourth-order valence-corrected chi connectivity index (χ4v) is 2.36. The molecule has 1 aliphatic heterocycles. The number of Topliss-reactive ketones (excluding diaryl/α,β-unsaturated/α-hetero) is 1. The Kier molecular flexibility index (Phi) is 5.14. The van der Waals surface area contributed by atoms with Crippen LogP contribution in [0, 0.1) is 0 Å². The van der Waals surface area contributed by atoms with Crippen LogP contribution >= 0.6 is 0 Å². The Balaban J connectivity index is 1.64. The van der Waals surface area contributed by atoms with E-state index in [9.17, 15) is 9.59 Å².